The van der Waals surface area contributed by atoms with E-state index in [0.717, 1.165) is 35.3 Å². The fourth-order valence-electron chi connectivity index (χ4n) is 3.67. The highest BCUT2D eigenvalue weighted by molar-refractivity contribution is 6.31. The minimum Gasteiger partial charge on any atom is -0.330 e. The minimum atomic E-state index is 0.230. The summed E-state index contributed by atoms with van der Waals surface area (Å²) in [5.41, 5.74) is 8.45. The van der Waals surface area contributed by atoms with Crippen LogP contribution in [0.3, 0.4) is 0 Å². The van der Waals surface area contributed by atoms with Gasteiger partial charge in [-0.25, -0.2) is 0 Å². The zero-order valence-corrected chi connectivity index (χ0v) is 13.8. The van der Waals surface area contributed by atoms with Crippen LogP contribution in [-0.4, -0.2) is 16.3 Å². The van der Waals surface area contributed by atoms with Gasteiger partial charge in [0.25, 0.3) is 0 Å². The van der Waals surface area contributed by atoms with Crippen LogP contribution in [0.4, 0.5) is 0 Å². The first-order valence-corrected chi connectivity index (χ1v) is 8.27. The molecular formula is C16H28ClN3. The lowest BCUT2D eigenvalue weighted by molar-refractivity contribution is 0.148. The molecule has 0 unspecified atom stereocenters. The predicted octanol–water partition coefficient (Wildman–Crippen LogP) is 3.86. The number of nitrogens with two attached hydrogens (primary N) is 1. The summed E-state index contributed by atoms with van der Waals surface area (Å²) in [6, 6.07) is 0. The van der Waals surface area contributed by atoms with Gasteiger partial charge in [-0.05, 0) is 56.9 Å². The van der Waals surface area contributed by atoms with Crippen LogP contribution in [0.5, 0.6) is 0 Å². The maximum absolute atomic E-state index is 6.41. The Morgan fingerprint density at radius 3 is 2.50 bits per heavy atom. The summed E-state index contributed by atoms with van der Waals surface area (Å²) in [6.45, 7) is 5.01. The van der Waals surface area contributed by atoms with Gasteiger partial charge in [0, 0.05) is 7.05 Å². The van der Waals surface area contributed by atoms with Gasteiger partial charge in [0.2, 0.25) is 0 Å². The number of halogens is 1. The smallest absolute Gasteiger partial charge is 0.0847 e. The monoisotopic (exact) mass is 297 g/mol. The van der Waals surface area contributed by atoms with Crippen LogP contribution in [0.1, 0.15) is 56.8 Å². The van der Waals surface area contributed by atoms with Crippen LogP contribution >= 0.6 is 11.6 Å². The van der Waals surface area contributed by atoms with Gasteiger partial charge >= 0.3 is 0 Å². The highest BCUT2D eigenvalue weighted by Gasteiger charge is 2.35. The van der Waals surface area contributed by atoms with Crippen LogP contribution in [0.2, 0.25) is 5.02 Å². The molecule has 0 aliphatic heterocycles. The summed E-state index contributed by atoms with van der Waals surface area (Å²) < 4.78 is 1.94. The van der Waals surface area contributed by atoms with Crippen LogP contribution in [0, 0.1) is 18.3 Å². The van der Waals surface area contributed by atoms with E-state index in [9.17, 15) is 0 Å². The van der Waals surface area contributed by atoms with Crippen LogP contribution < -0.4 is 5.73 Å². The van der Waals surface area contributed by atoms with E-state index in [4.69, 9.17) is 17.3 Å². The summed E-state index contributed by atoms with van der Waals surface area (Å²) in [5, 5.41) is 5.26. The minimum absolute atomic E-state index is 0.230. The number of aryl methyl sites for hydroxylation is 2. The Bertz CT molecular complexity index is 445. The van der Waals surface area contributed by atoms with E-state index in [-0.39, 0.29) is 5.41 Å². The third-order valence-corrected chi connectivity index (χ3v) is 5.59. The van der Waals surface area contributed by atoms with Crippen molar-refractivity contribution < 1.29 is 0 Å². The van der Waals surface area contributed by atoms with E-state index < -0.39 is 0 Å². The molecule has 2 rings (SSSR count). The molecule has 4 heteroatoms. The molecule has 1 aromatic rings. The molecule has 1 fully saturated rings. The molecule has 0 bridgehead atoms. The maximum Gasteiger partial charge on any atom is 0.0847 e. The van der Waals surface area contributed by atoms with Gasteiger partial charge in [-0.2, -0.15) is 5.10 Å². The Labute approximate surface area is 127 Å². The Kier molecular flexibility index (Phi) is 5.14. The topological polar surface area (TPSA) is 43.8 Å². The standard InChI is InChI=1S/C16H28ClN3/c1-4-5-13-6-8-16(11-18,9-7-13)10-14-15(17)12(2)19-20(14)3/h13H,4-11,18H2,1-3H3. The van der Waals surface area contributed by atoms with E-state index in [1.807, 2.05) is 18.7 Å². The van der Waals surface area contributed by atoms with E-state index in [2.05, 4.69) is 12.0 Å². The third kappa shape index (κ3) is 3.20. The molecule has 2 N–H and O–H groups in total. The Hall–Kier alpha value is -0.540. The normalized spacial score (nSPS) is 26.9. The van der Waals surface area contributed by atoms with Gasteiger partial charge in [-0.3, -0.25) is 4.68 Å². The summed E-state index contributed by atoms with van der Waals surface area (Å²) in [6.07, 6.45) is 8.74. The van der Waals surface area contributed by atoms with Crippen molar-refractivity contribution in [2.24, 2.45) is 24.1 Å². The van der Waals surface area contributed by atoms with Crippen molar-refractivity contribution in [1.29, 1.82) is 0 Å². The molecule has 1 aromatic heterocycles. The van der Waals surface area contributed by atoms with Crippen molar-refractivity contribution in [2.75, 3.05) is 6.54 Å². The zero-order valence-electron chi connectivity index (χ0n) is 13.1. The first kappa shape index (κ1) is 15.8. The maximum atomic E-state index is 6.41. The molecule has 0 saturated heterocycles. The molecule has 1 aliphatic rings. The molecule has 114 valence electrons. The Morgan fingerprint density at radius 1 is 1.40 bits per heavy atom. The lowest BCUT2D eigenvalue weighted by Gasteiger charge is -2.39. The largest absolute Gasteiger partial charge is 0.330 e. The summed E-state index contributed by atoms with van der Waals surface area (Å²) in [4.78, 5) is 0. The molecule has 0 radical (unpaired) electrons. The summed E-state index contributed by atoms with van der Waals surface area (Å²) in [7, 11) is 1.99. The van der Waals surface area contributed by atoms with Gasteiger partial charge in [0.05, 0.1) is 16.4 Å². The zero-order chi connectivity index (χ0) is 14.8. The number of hydrogen-bond acceptors (Lipinski definition) is 2. The average molecular weight is 298 g/mol. The molecule has 1 aliphatic carbocycles. The van der Waals surface area contributed by atoms with Gasteiger partial charge < -0.3 is 5.73 Å². The molecule has 3 nitrogen and oxygen atoms in total. The van der Waals surface area contributed by atoms with Gasteiger partial charge in [0.15, 0.2) is 0 Å². The second-order valence-electron chi connectivity index (χ2n) is 6.58. The van der Waals surface area contributed by atoms with E-state index in [1.54, 1.807) is 0 Å². The van der Waals surface area contributed by atoms with Crippen molar-refractivity contribution in [3.05, 3.63) is 16.4 Å². The van der Waals surface area contributed by atoms with E-state index >= 15 is 0 Å². The van der Waals surface area contributed by atoms with E-state index in [1.165, 1.54) is 38.5 Å². The SMILES string of the molecule is CCCC1CCC(CN)(Cc2c(Cl)c(C)nn2C)CC1. The number of nitrogens with zero attached hydrogens (tertiary/aromatic N) is 2. The van der Waals surface area contributed by atoms with Crippen molar-refractivity contribution >= 4 is 11.6 Å². The first-order chi connectivity index (χ1) is 9.51. The number of rotatable bonds is 5. The Morgan fingerprint density at radius 2 is 2.05 bits per heavy atom. The number of hydrogen-bond donors (Lipinski definition) is 1. The fourth-order valence-corrected chi connectivity index (χ4v) is 3.89. The molecule has 1 saturated carbocycles. The molecule has 0 atom stereocenters. The van der Waals surface area contributed by atoms with Crippen molar-refractivity contribution in [3.8, 4) is 0 Å². The van der Waals surface area contributed by atoms with Gasteiger partial charge in [-0.15, -0.1) is 0 Å². The van der Waals surface area contributed by atoms with Crippen LogP contribution in [0.15, 0.2) is 0 Å². The Balaban J connectivity index is 2.09. The van der Waals surface area contributed by atoms with Crippen molar-refractivity contribution in [2.45, 2.75) is 58.8 Å². The molecular weight excluding hydrogens is 270 g/mol. The van der Waals surface area contributed by atoms with Crippen molar-refractivity contribution in [3.63, 3.8) is 0 Å². The van der Waals surface area contributed by atoms with Crippen molar-refractivity contribution in [1.82, 2.24) is 9.78 Å². The second kappa shape index (κ2) is 6.48. The molecule has 1 heterocycles. The molecule has 20 heavy (non-hydrogen) atoms. The molecule has 0 aromatic carbocycles. The van der Waals surface area contributed by atoms with Gasteiger partial charge in [-0.1, -0.05) is 31.4 Å². The summed E-state index contributed by atoms with van der Waals surface area (Å²) >= 11 is 6.41. The second-order valence-corrected chi connectivity index (χ2v) is 6.96. The van der Waals surface area contributed by atoms with Gasteiger partial charge in [0.1, 0.15) is 0 Å². The third-order valence-electron chi connectivity index (χ3n) is 5.10. The average Bonchev–Trinajstić information content (AvgIpc) is 2.68. The highest BCUT2D eigenvalue weighted by Crippen LogP contribution is 2.43. The first-order valence-electron chi connectivity index (χ1n) is 7.89. The highest BCUT2D eigenvalue weighted by atomic mass is 35.5. The molecule has 0 spiro atoms. The lowest BCUT2D eigenvalue weighted by atomic mass is 9.67. The number of aromatic nitrogens is 2. The lowest BCUT2D eigenvalue weighted by Crippen LogP contribution is -2.37. The quantitative estimate of drug-likeness (QED) is 0.897. The summed E-state index contributed by atoms with van der Waals surface area (Å²) in [5.74, 6) is 0.906. The van der Waals surface area contributed by atoms with Crippen LogP contribution in [-0.2, 0) is 13.5 Å². The fraction of sp³-hybridized carbons (Fsp3) is 0.812. The predicted molar refractivity (Wildman–Crippen MR) is 85.0 cm³/mol. The van der Waals surface area contributed by atoms with Crippen LogP contribution in [0.25, 0.3) is 0 Å². The molecule has 0 amide bonds. The van der Waals surface area contributed by atoms with E-state index in [0.29, 0.717) is 0 Å².